The zero-order chi connectivity index (χ0) is 14.1. The first-order chi connectivity index (χ1) is 9.70. The van der Waals surface area contributed by atoms with Crippen molar-refractivity contribution < 1.29 is 8.78 Å². The van der Waals surface area contributed by atoms with Gasteiger partial charge in [-0.2, -0.15) is 14.0 Å². The lowest BCUT2D eigenvalue weighted by Gasteiger charge is -2.08. The lowest BCUT2D eigenvalue weighted by Crippen LogP contribution is -2.08. The summed E-state index contributed by atoms with van der Waals surface area (Å²) in [5.74, 6) is 0.278. The first-order valence-corrected chi connectivity index (χ1v) is 5.98. The lowest BCUT2D eigenvalue weighted by molar-refractivity contribution is 0.0667. The molecule has 0 aliphatic heterocycles. The highest BCUT2D eigenvalue weighted by molar-refractivity contribution is 5.86. The third-order valence-corrected chi connectivity index (χ3v) is 3.21. The van der Waals surface area contributed by atoms with E-state index in [1.165, 1.54) is 12.4 Å². The molecule has 100 valence electrons. The van der Waals surface area contributed by atoms with Gasteiger partial charge in [0.15, 0.2) is 0 Å². The molecule has 1 aromatic carbocycles. The van der Waals surface area contributed by atoms with Crippen molar-refractivity contribution in [2.75, 3.05) is 0 Å². The summed E-state index contributed by atoms with van der Waals surface area (Å²) in [5, 5.41) is 9.85. The summed E-state index contributed by atoms with van der Waals surface area (Å²) < 4.78 is 28.2. The van der Waals surface area contributed by atoms with Gasteiger partial charge in [0.2, 0.25) is 0 Å². The van der Waals surface area contributed by atoms with Gasteiger partial charge >= 0.3 is 6.55 Å². The van der Waals surface area contributed by atoms with Gasteiger partial charge in [0, 0.05) is 29.5 Å². The lowest BCUT2D eigenvalue weighted by atomic mass is 10.1. The standard InChI is InChI=1S/C14H10F2N4/c15-14(16)20-7-5-18-13(20)9-19-6-4-11-10(8-17)2-1-3-12(11)19/h1-7,14H,9H2. The molecule has 0 aliphatic rings. The van der Waals surface area contributed by atoms with Gasteiger partial charge in [-0.05, 0) is 18.2 Å². The van der Waals surface area contributed by atoms with Crippen LogP contribution in [-0.4, -0.2) is 14.1 Å². The fraction of sp³-hybridized carbons (Fsp3) is 0.143. The molecule has 3 rings (SSSR count). The zero-order valence-electron chi connectivity index (χ0n) is 10.4. The Kier molecular flexibility index (Phi) is 2.95. The number of aromatic nitrogens is 3. The van der Waals surface area contributed by atoms with E-state index in [-0.39, 0.29) is 12.4 Å². The van der Waals surface area contributed by atoms with Crippen LogP contribution in [0.3, 0.4) is 0 Å². The number of rotatable bonds is 3. The predicted molar refractivity (Wildman–Crippen MR) is 69.2 cm³/mol. The predicted octanol–water partition coefficient (Wildman–Crippen LogP) is 3.15. The van der Waals surface area contributed by atoms with E-state index < -0.39 is 6.55 Å². The van der Waals surface area contributed by atoms with E-state index in [0.29, 0.717) is 5.56 Å². The molecular formula is C14H10F2N4. The molecule has 0 fully saturated rings. The fourth-order valence-corrected chi connectivity index (χ4v) is 2.26. The van der Waals surface area contributed by atoms with Gasteiger partial charge in [-0.15, -0.1) is 0 Å². The second kappa shape index (κ2) is 4.78. The molecule has 0 unspecified atom stereocenters. The van der Waals surface area contributed by atoms with E-state index in [4.69, 9.17) is 5.26 Å². The number of alkyl halides is 2. The molecule has 0 saturated carbocycles. The van der Waals surface area contributed by atoms with Crippen molar-refractivity contribution in [1.29, 1.82) is 5.26 Å². The van der Waals surface area contributed by atoms with E-state index in [1.54, 1.807) is 22.9 Å². The third kappa shape index (κ3) is 1.93. The summed E-state index contributed by atoms with van der Waals surface area (Å²) in [6, 6.07) is 9.28. The summed E-state index contributed by atoms with van der Waals surface area (Å²) in [5.41, 5.74) is 1.39. The molecule has 2 heterocycles. The molecule has 0 bridgehead atoms. The minimum Gasteiger partial charge on any atom is -0.340 e. The number of nitrogens with zero attached hydrogens (tertiary/aromatic N) is 4. The van der Waals surface area contributed by atoms with Crippen LogP contribution in [0.5, 0.6) is 0 Å². The van der Waals surface area contributed by atoms with E-state index in [2.05, 4.69) is 11.1 Å². The summed E-state index contributed by atoms with van der Waals surface area (Å²) in [4.78, 5) is 3.96. The molecule has 0 atom stereocenters. The summed E-state index contributed by atoms with van der Waals surface area (Å²) in [6.45, 7) is -2.38. The largest absolute Gasteiger partial charge is 0.340 e. The number of halogens is 2. The topological polar surface area (TPSA) is 46.5 Å². The van der Waals surface area contributed by atoms with Crippen molar-refractivity contribution in [3.63, 3.8) is 0 Å². The van der Waals surface area contributed by atoms with Gasteiger partial charge in [-0.25, -0.2) is 4.98 Å². The van der Waals surface area contributed by atoms with Crippen molar-refractivity contribution in [2.45, 2.75) is 13.1 Å². The number of nitriles is 1. The smallest absolute Gasteiger partial charge is 0.319 e. The van der Waals surface area contributed by atoms with Crippen molar-refractivity contribution in [3.05, 3.63) is 54.2 Å². The van der Waals surface area contributed by atoms with E-state index in [0.717, 1.165) is 15.5 Å². The highest BCUT2D eigenvalue weighted by Gasteiger charge is 2.13. The van der Waals surface area contributed by atoms with Crippen LogP contribution in [0.4, 0.5) is 8.78 Å². The van der Waals surface area contributed by atoms with Crippen molar-refractivity contribution in [3.8, 4) is 6.07 Å². The maximum Gasteiger partial charge on any atom is 0.319 e. The van der Waals surface area contributed by atoms with Crippen molar-refractivity contribution >= 4 is 10.9 Å². The Morgan fingerprint density at radius 3 is 2.85 bits per heavy atom. The van der Waals surface area contributed by atoms with Crippen LogP contribution in [0.1, 0.15) is 17.9 Å². The van der Waals surface area contributed by atoms with Crippen LogP contribution in [0.2, 0.25) is 0 Å². The Morgan fingerprint density at radius 2 is 2.10 bits per heavy atom. The van der Waals surface area contributed by atoms with Gasteiger partial charge in [0.05, 0.1) is 18.2 Å². The number of fused-ring (bicyclic) bond motifs is 1. The van der Waals surface area contributed by atoms with E-state index in [9.17, 15) is 8.78 Å². The number of imidazole rings is 1. The van der Waals surface area contributed by atoms with Gasteiger partial charge in [-0.1, -0.05) is 6.07 Å². The molecule has 0 saturated heterocycles. The fourth-order valence-electron chi connectivity index (χ4n) is 2.26. The molecule has 0 radical (unpaired) electrons. The SMILES string of the molecule is N#Cc1cccc2c1ccn2Cc1nccn1C(F)F. The Labute approximate surface area is 113 Å². The highest BCUT2D eigenvalue weighted by atomic mass is 19.3. The Bertz CT molecular complexity index is 795. The van der Waals surface area contributed by atoms with Crippen molar-refractivity contribution in [2.24, 2.45) is 0 Å². The van der Waals surface area contributed by atoms with E-state index >= 15 is 0 Å². The molecule has 0 aliphatic carbocycles. The summed E-state index contributed by atoms with van der Waals surface area (Å²) in [6.07, 6.45) is 4.39. The quantitative estimate of drug-likeness (QED) is 0.735. The van der Waals surface area contributed by atoms with Crippen LogP contribution in [0.15, 0.2) is 42.9 Å². The van der Waals surface area contributed by atoms with E-state index in [1.807, 2.05) is 12.1 Å². The first kappa shape index (κ1) is 12.4. The first-order valence-electron chi connectivity index (χ1n) is 5.98. The normalized spacial score (nSPS) is 11.1. The van der Waals surface area contributed by atoms with Crippen LogP contribution in [0, 0.1) is 11.3 Å². The van der Waals surface area contributed by atoms with Gasteiger partial charge < -0.3 is 4.57 Å². The van der Waals surface area contributed by atoms with Crippen LogP contribution >= 0.6 is 0 Å². The highest BCUT2D eigenvalue weighted by Crippen LogP contribution is 2.21. The molecule has 3 aromatic rings. The second-order valence-corrected chi connectivity index (χ2v) is 4.32. The maximum atomic E-state index is 12.8. The monoisotopic (exact) mass is 272 g/mol. The third-order valence-electron chi connectivity index (χ3n) is 3.21. The van der Waals surface area contributed by atoms with Crippen LogP contribution in [-0.2, 0) is 6.54 Å². The molecule has 6 heteroatoms. The van der Waals surface area contributed by atoms with Gasteiger partial charge in [0.25, 0.3) is 0 Å². The van der Waals surface area contributed by atoms with Gasteiger partial charge in [-0.3, -0.25) is 4.57 Å². The summed E-state index contributed by atoms with van der Waals surface area (Å²) >= 11 is 0. The average molecular weight is 272 g/mol. The minimum atomic E-state index is -2.61. The Hall–Kier alpha value is -2.68. The molecule has 0 N–H and O–H groups in total. The Balaban J connectivity index is 2.04. The molecule has 0 amide bonds. The average Bonchev–Trinajstić information content (AvgIpc) is 3.06. The number of benzene rings is 1. The van der Waals surface area contributed by atoms with Gasteiger partial charge in [0.1, 0.15) is 5.82 Å². The minimum absolute atomic E-state index is 0.232. The zero-order valence-corrected chi connectivity index (χ0v) is 10.4. The summed E-state index contributed by atoms with van der Waals surface area (Å²) in [7, 11) is 0. The second-order valence-electron chi connectivity index (χ2n) is 4.32. The molecular weight excluding hydrogens is 262 g/mol. The van der Waals surface area contributed by atoms with Crippen LogP contribution in [0.25, 0.3) is 10.9 Å². The number of hydrogen-bond acceptors (Lipinski definition) is 2. The van der Waals surface area contributed by atoms with Crippen LogP contribution < -0.4 is 0 Å². The molecule has 0 spiro atoms. The van der Waals surface area contributed by atoms with Crippen molar-refractivity contribution in [1.82, 2.24) is 14.1 Å². The molecule has 2 aromatic heterocycles. The maximum absolute atomic E-state index is 12.8. The molecule has 4 nitrogen and oxygen atoms in total. The molecule has 20 heavy (non-hydrogen) atoms. The number of hydrogen-bond donors (Lipinski definition) is 0. The Morgan fingerprint density at radius 1 is 1.25 bits per heavy atom.